The molecular weight excluding hydrogens is 378 g/mol. The van der Waals surface area contributed by atoms with E-state index < -0.39 is 0 Å². The maximum Gasteiger partial charge on any atom is 0.338 e. The Morgan fingerprint density at radius 1 is 1.47 bits per heavy atom. The van der Waals surface area contributed by atoms with Gasteiger partial charge in [0.1, 0.15) is 0 Å². The zero-order valence-corrected chi connectivity index (χ0v) is 13.7. The topological polar surface area (TPSA) is 46.6 Å². The highest BCUT2D eigenvalue weighted by atomic mass is 79.9. The Labute approximate surface area is 128 Å². The van der Waals surface area contributed by atoms with Crippen molar-refractivity contribution < 1.29 is 14.3 Å². The van der Waals surface area contributed by atoms with Crippen LogP contribution in [0.25, 0.3) is 0 Å². The van der Waals surface area contributed by atoms with Gasteiger partial charge in [0, 0.05) is 22.3 Å². The van der Waals surface area contributed by atoms with Gasteiger partial charge >= 0.3 is 5.97 Å². The quantitative estimate of drug-likeness (QED) is 0.576. The number of rotatable bonds is 2. The Hall–Kier alpha value is -0.880. The van der Waals surface area contributed by atoms with E-state index in [9.17, 15) is 9.59 Å². The molecule has 0 spiro atoms. The number of ether oxygens (including phenoxy) is 1. The highest BCUT2D eigenvalue weighted by Crippen LogP contribution is 2.35. The number of methoxy groups -OCH3 is 1. The van der Waals surface area contributed by atoms with Crippen LogP contribution in [-0.4, -0.2) is 30.4 Å². The van der Waals surface area contributed by atoms with Crippen molar-refractivity contribution in [1.29, 1.82) is 0 Å². The third kappa shape index (κ3) is 2.69. The van der Waals surface area contributed by atoms with Crippen LogP contribution in [0.1, 0.15) is 22.3 Å². The Kier molecular flexibility index (Phi) is 4.30. The molecule has 4 nitrogen and oxygen atoms in total. The van der Waals surface area contributed by atoms with Crippen molar-refractivity contribution in [3.05, 3.63) is 27.7 Å². The lowest BCUT2D eigenvalue weighted by Crippen LogP contribution is -2.25. The van der Waals surface area contributed by atoms with Crippen molar-refractivity contribution in [3.63, 3.8) is 0 Å². The molecule has 1 aliphatic rings. The van der Waals surface area contributed by atoms with E-state index >= 15 is 0 Å². The molecule has 1 unspecified atom stereocenters. The normalized spacial score (nSPS) is 18.8. The molecular formula is C13H13Br2NO3. The van der Waals surface area contributed by atoms with E-state index in [2.05, 4.69) is 31.9 Å². The third-order valence-electron chi connectivity index (χ3n) is 3.14. The van der Waals surface area contributed by atoms with Gasteiger partial charge in [-0.3, -0.25) is 4.79 Å². The summed E-state index contributed by atoms with van der Waals surface area (Å²) in [5.41, 5.74) is 2.06. The molecule has 1 aliphatic heterocycles. The molecule has 19 heavy (non-hydrogen) atoms. The highest BCUT2D eigenvalue weighted by Gasteiger charge is 2.30. The zero-order valence-electron chi connectivity index (χ0n) is 10.6. The van der Waals surface area contributed by atoms with Gasteiger partial charge in [0.05, 0.1) is 18.4 Å². The Balaban J connectivity index is 2.42. The van der Waals surface area contributed by atoms with E-state index in [-0.39, 0.29) is 16.7 Å². The third-order valence-corrected chi connectivity index (χ3v) is 4.75. The lowest BCUT2D eigenvalue weighted by Gasteiger charge is -2.20. The van der Waals surface area contributed by atoms with Crippen LogP contribution >= 0.6 is 31.9 Å². The summed E-state index contributed by atoms with van der Waals surface area (Å²) in [5, 5.41) is 0. The molecule has 0 radical (unpaired) electrons. The zero-order chi connectivity index (χ0) is 14.2. The highest BCUT2D eigenvalue weighted by molar-refractivity contribution is 9.10. The first kappa shape index (κ1) is 14.5. The summed E-state index contributed by atoms with van der Waals surface area (Å²) >= 11 is 6.93. The van der Waals surface area contributed by atoms with Crippen LogP contribution in [0, 0.1) is 6.92 Å². The van der Waals surface area contributed by atoms with E-state index in [1.807, 2.05) is 6.92 Å². The SMILES string of the molecule is COC(=O)c1ccc(N2CC(Br)CC2=O)c(Br)c1C. The van der Waals surface area contributed by atoms with Crippen LogP contribution in [-0.2, 0) is 9.53 Å². The Morgan fingerprint density at radius 2 is 2.16 bits per heavy atom. The van der Waals surface area contributed by atoms with E-state index in [0.717, 1.165) is 15.7 Å². The van der Waals surface area contributed by atoms with Crippen molar-refractivity contribution >= 4 is 49.4 Å². The van der Waals surface area contributed by atoms with Gasteiger partial charge < -0.3 is 9.64 Å². The minimum absolute atomic E-state index is 0.0767. The predicted octanol–water partition coefficient (Wildman–Crippen LogP) is 3.04. The molecule has 1 atom stereocenters. The minimum Gasteiger partial charge on any atom is -0.465 e. The van der Waals surface area contributed by atoms with Gasteiger partial charge in [-0.15, -0.1) is 0 Å². The average Bonchev–Trinajstić information content (AvgIpc) is 2.71. The molecule has 0 saturated carbocycles. The lowest BCUT2D eigenvalue weighted by atomic mass is 10.1. The first-order valence-corrected chi connectivity index (χ1v) is 7.48. The first-order valence-electron chi connectivity index (χ1n) is 5.77. The molecule has 0 bridgehead atoms. The van der Waals surface area contributed by atoms with E-state index in [1.54, 1.807) is 17.0 Å². The molecule has 1 saturated heterocycles. The largest absolute Gasteiger partial charge is 0.465 e. The molecule has 1 aromatic carbocycles. The van der Waals surface area contributed by atoms with Crippen molar-refractivity contribution in [3.8, 4) is 0 Å². The van der Waals surface area contributed by atoms with Gasteiger partial charge in [0.2, 0.25) is 5.91 Å². The standard InChI is InChI=1S/C13H13Br2NO3/c1-7-9(13(18)19-2)3-4-10(12(7)15)16-6-8(14)5-11(16)17/h3-4,8H,5-6H2,1-2H3. The monoisotopic (exact) mass is 389 g/mol. The van der Waals surface area contributed by atoms with Crippen molar-refractivity contribution in [2.45, 2.75) is 18.2 Å². The Morgan fingerprint density at radius 3 is 2.68 bits per heavy atom. The smallest absolute Gasteiger partial charge is 0.338 e. The van der Waals surface area contributed by atoms with Gasteiger partial charge in [-0.2, -0.15) is 0 Å². The number of carbonyl (C=O) groups is 2. The number of hydrogen-bond donors (Lipinski definition) is 0. The van der Waals surface area contributed by atoms with Crippen molar-refractivity contribution in [2.24, 2.45) is 0 Å². The summed E-state index contributed by atoms with van der Waals surface area (Å²) in [6, 6.07) is 3.46. The minimum atomic E-state index is -0.379. The number of carbonyl (C=O) groups excluding carboxylic acids is 2. The molecule has 2 rings (SSSR count). The van der Waals surface area contributed by atoms with Crippen LogP contribution in [0.5, 0.6) is 0 Å². The maximum absolute atomic E-state index is 11.9. The molecule has 0 N–H and O–H groups in total. The molecule has 0 aliphatic carbocycles. The summed E-state index contributed by atoms with van der Waals surface area (Å²) < 4.78 is 5.48. The number of nitrogens with zero attached hydrogens (tertiary/aromatic N) is 1. The van der Waals surface area contributed by atoms with Gasteiger partial charge in [-0.05, 0) is 40.5 Å². The molecule has 0 aromatic heterocycles. The van der Waals surface area contributed by atoms with Gasteiger partial charge in [0.15, 0.2) is 0 Å². The second kappa shape index (κ2) is 5.63. The van der Waals surface area contributed by atoms with E-state index in [0.29, 0.717) is 18.5 Å². The molecule has 1 fully saturated rings. The summed E-state index contributed by atoms with van der Waals surface area (Å²) in [6.07, 6.45) is 0.490. The fraction of sp³-hybridized carbons (Fsp3) is 0.385. The summed E-state index contributed by atoms with van der Waals surface area (Å²) in [6.45, 7) is 2.46. The number of alkyl halides is 1. The lowest BCUT2D eigenvalue weighted by molar-refractivity contribution is -0.117. The molecule has 102 valence electrons. The van der Waals surface area contributed by atoms with Gasteiger partial charge in [-0.1, -0.05) is 15.9 Å². The van der Waals surface area contributed by atoms with Crippen LogP contribution in [0.15, 0.2) is 16.6 Å². The average molecular weight is 391 g/mol. The van der Waals surface area contributed by atoms with Crippen LogP contribution in [0.2, 0.25) is 0 Å². The van der Waals surface area contributed by atoms with E-state index in [1.165, 1.54) is 7.11 Å². The first-order chi connectivity index (χ1) is 8.95. The van der Waals surface area contributed by atoms with Crippen molar-refractivity contribution in [2.75, 3.05) is 18.6 Å². The number of benzene rings is 1. The summed E-state index contributed by atoms with van der Waals surface area (Å²) in [4.78, 5) is 25.4. The van der Waals surface area contributed by atoms with Crippen LogP contribution < -0.4 is 4.90 Å². The molecule has 1 amide bonds. The number of anilines is 1. The second-order valence-electron chi connectivity index (χ2n) is 4.37. The predicted molar refractivity (Wildman–Crippen MR) is 79.9 cm³/mol. The van der Waals surface area contributed by atoms with E-state index in [4.69, 9.17) is 4.74 Å². The number of amides is 1. The summed E-state index contributed by atoms with van der Waals surface area (Å²) in [7, 11) is 1.35. The maximum atomic E-state index is 11.9. The van der Waals surface area contributed by atoms with Crippen LogP contribution in [0.4, 0.5) is 5.69 Å². The Bertz CT molecular complexity index is 545. The summed E-state index contributed by atoms with van der Waals surface area (Å²) in [5.74, 6) is -0.302. The number of hydrogen-bond acceptors (Lipinski definition) is 3. The van der Waals surface area contributed by atoms with Gasteiger partial charge in [-0.25, -0.2) is 4.79 Å². The van der Waals surface area contributed by atoms with Crippen LogP contribution in [0.3, 0.4) is 0 Å². The number of halogens is 2. The van der Waals surface area contributed by atoms with Gasteiger partial charge in [0.25, 0.3) is 0 Å². The van der Waals surface area contributed by atoms with Crippen molar-refractivity contribution in [1.82, 2.24) is 0 Å². The fourth-order valence-electron chi connectivity index (χ4n) is 2.11. The number of esters is 1. The molecule has 6 heteroatoms. The second-order valence-corrected chi connectivity index (χ2v) is 6.46. The molecule has 1 aromatic rings. The molecule has 1 heterocycles. The fourth-order valence-corrected chi connectivity index (χ4v) is 3.23.